The van der Waals surface area contributed by atoms with Gasteiger partial charge in [0.25, 0.3) is 0 Å². The fourth-order valence-electron chi connectivity index (χ4n) is 3.11. The molecule has 4 aromatic carbocycles. The molecule has 0 saturated heterocycles. The van der Waals surface area contributed by atoms with Gasteiger partial charge in [-0.05, 0) is 84.9 Å². The lowest BCUT2D eigenvalue weighted by atomic mass is 10.1. The van der Waals surface area contributed by atoms with Crippen LogP contribution >= 0.6 is 23.5 Å². The third-order valence-corrected chi connectivity index (χ3v) is 6.81. The molecule has 0 saturated carbocycles. The molecule has 0 spiro atoms. The fourth-order valence-corrected chi connectivity index (χ4v) is 4.83. The average Bonchev–Trinajstić information content (AvgIpc) is 2.90. The summed E-state index contributed by atoms with van der Waals surface area (Å²) >= 11 is 3.00. The molecule has 0 aliphatic carbocycles. The fraction of sp³-hybridized carbons (Fsp3) is 0. The Bertz CT molecular complexity index is 1430. The van der Waals surface area contributed by atoms with Gasteiger partial charge in [0.1, 0.15) is 35.8 Å². The smallest absolute Gasteiger partial charge is 0.127 e. The lowest BCUT2D eigenvalue weighted by Gasteiger charge is -2.08. The van der Waals surface area contributed by atoms with Crippen molar-refractivity contribution in [2.24, 2.45) is 0 Å². The van der Waals surface area contributed by atoms with Crippen LogP contribution in [0.4, 0.5) is 0 Å². The molecule has 0 aliphatic rings. The summed E-state index contributed by atoms with van der Waals surface area (Å²) in [6.07, 6.45) is 0. The zero-order valence-corrected chi connectivity index (χ0v) is 19.7. The molecule has 5 nitrogen and oxygen atoms in total. The summed E-state index contributed by atoms with van der Waals surface area (Å²) in [6, 6.07) is 33.8. The van der Waals surface area contributed by atoms with E-state index in [1.165, 1.54) is 23.5 Å². The predicted molar refractivity (Wildman–Crippen MR) is 133 cm³/mol. The van der Waals surface area contributed by atoms with E-state index in [-0.39, 0.29) is 0 Å². The van der Waals surface area contributed by atoms with Crippen molar-refractivity contribution in [3.63, 3.8) is 0 Å². The first-order valence-electron chi connectivity index (χ1n) is 10.2. The highest BCUT2D eigenvalue weighted by molar-refractivity contribution is 7.99. The monoisotopic (exact) mass is 486 g/mol. The number of ether oxygens (including phenoxy) is 1. The van der Waals surface area contributed by atoms with E-state index < -0.39 is 0 Å². The Morgan fingerprint density at radius 1 is 0.429 bits per heavy atom. The molecule has 7 heteroatoms. The van der Waals surface area contributed by atoms with Crippen LogP contribution in [0.3, 0.4) is 0 Å². The van der Waals surface area contributed by atoms with Gasteiger partial charge in [-0.2, -0.15) is 21.0 Å². The van der Waals surface area contributed by atoms with Crippen molar-refractivity contribution in [2.75, 3.05) is 0 Å². The van der Waals surface area contributed by atoms with Crippen molar-refractivity contribution in [2.45, 2.75) is 19.6 Å². The molecular weight excluding hydrogens is 472 g/mol. The molecule has 0 heterocycles. The molecule has 0 aromatic heterocycles. The van der Waals surface area contributed by atoms with E-state index in [0.717, 1.165) is 19.6 Å². The zero-order valence-electron chi connectivity index (χ0n) is 18.1. The summed E-state index contributed by atoms with van der Waals surface area (Å²) in [6.45, 7) is 0. The highest BCUT2D eigenvalue weighted by Gasteiger charge is 2.07. The maximum absolute atomic E-state index is 9.20. The largest absolute Gasteiger partial charge is 0.457 e. The normalized spacial score (nSPS) is 9.83. The van der Waals surface area contributed by atoms with Crippen molar-refractivity contribution in [3.8, 4) is 35.8 Å². The second kappa shape index (κ2) is 11.0. The molecule has 164 valence electrons. The molecule has 0 fully saturated rings. The van der Waals surface area contributed by atoms with Crippen LogP contribution in [0.1, 0.15) is 22.3 Å². The van der Waals surface area contributed by atoms with E-state index in [0.29, 0.717) is 33.8 Å². The summed E-state index contributed by atoms with van der Waals surface area (Å²) in [5.41, 5.74) is 1.47. The minimum Gasteiger partial charge on any atom is -0.457 e. The van der Waals surface area contributed by atoms with Gasteiger partial charge in [0.2, 0.25) is 0 Å². The van der Waals surface area contributed by atoms with Crippen LogP contribution in [0.5, 0.6) is 11.5 Å². The van der Waals surface area contributed by atoms with Gasteiger partial charge < -0.3 is 4.74 Å². The van der Waals surface area contributed by atoms with Crippen LogP contribution in [-0.2, 0) is 0 Å². The lowest BCUT2D eigenvalue weighted by molar-refractivity contribution is 0.482. The molecule has 35 heavy (non-hydrogen) atoms. The summed E-state index contributed by atoms with van der Waals surface area (Å²) in [4.78, 5) is 3.73. The van der Waals surface area contributed by atoms with Gasteiger partial charge in [-0.3, -0.25) is 0 Å². The molecule has 0 radical (unpaired) electrons. The molecule has 0 unspecified atom stereocenters. The van der Waals surface area contributed by atoms with Gasteiger partial charge in [-0.1, -0.05) is 23.5 Å². The van der Waals surface area contributed by atoms with Crippen molar-refractivity contribution >= 4 is 23.5 Å². The minimum absolute atomic E-state index is 0.365. The summed E-state index contributed by atoms with van der Waals surface area (Å²) in [5, 5.41) is 36.5. The van der Waals surface area contributed by atoms with Gasteiger partial charge in [0.05, 0.1) is 22.3 Å². The van der Waals surface area contributed by atoms with Gasteiger partial charge >= 0.3 is 0 Å². The second-order valence-electron chi connectivity index (χ2n) is 7.11. The SMILES string of the molecule is N#Cc1ccc(Sc2ccc(Oc3ccc(Sc4ccc(C#N)c(C#N)c4)cc3)cc2)cc1C#N. The van der Waals surface area contributed by atoms with Crippen molar-refractivity contribution < 1.29 is 4.74 Å². The number of hydrogen-bond acceptors (Lipinski definition) is 7. The van der Waals surface area contributed by atoms with E-state index >= 15 is 0 Å². The third kappa shape index (κ3) is 5.83. The molecule has 0 amide bonds. The Hall–Kier alpha value is -4.66. The summed E-state index contributed by atoms with van der Waals surface area (Å²) < 4.78 is 5.95. The summed E-state index contributed by atoms with van der Waals surface area (Å²) in [7, 11) is 0. The molecule has 0 atom stereocenters. The Morgan fingerprint density at radius 3 is 1.11 bits per heavy atom. The van der Waals surface area contributed by atoms with Gasteiger partial charge in [-0.15, -0.1) is 0 Å². The Morgan fingerprint density at radius 2 is 0.771 bits per heavy atom. The number of benzene rings is 4. The lowest BCUT2D eigenvalue weighted by Crippen LogP contribution is -1.86. The van der Waals surface area contributed by atoms with E-state index in [9.17, 15) is 10.5 Å². The Kier molecular flexibility index (Phi) is 7.37. The Labute approximate surface area is 211 Å². The van der Waals surface area contributed by atoms with Crippen LogP contribution in [0.2, 0.25) is 0 Å². The van der Waals surface area contributed by atoms with E-state index in [1.54, 1.807) is 24.3 Å². The van der Waals surface area contributed by atoms with Crippen LogP contribution < -0.4 is 4.74 Å². The molecule has 0 N–H and O–H groups in total. The number of nitriles is 4. The van der Waals surface area contributed by atoms with Gasteiger partial charge in [-0.25, -0.2) is 0 Å². The average molecular weight is 487 g/mol. The number of hydrogen-bond donors (Lipinski definition) is 0. The van der Waals surface area contributed by atoms with Gasteiger partial charge in [0.15, 0.2) is 0 Å². The molecule has 0 aliphatic heterocycles. The highest BCUT2D eigenvalue weighted by Crippen LogP contribution is 2.33. The van der Waals surface area contributed by atoms with E-state index in [2.05, 4.69) is 12.1 Å². The quantitative estimate of drug-likeness (QED) is 0.282. The summed E-state index contributed by atoms with van der Waals surface area (Å²) in [5.74, 6) is 1.39. The van der Waals surface area contributed by atoms with E-state index in [4.69, 9.17) is 15.3 Å². The van der Waals surface area contributed by atoms with Crippen molar-refractivity contribution in [1.82, 2.24) is 0 Å². The van der Waals surface area contributed by atoms with Gasteiger partial charge in [0, 0.05) is 19.6 Å². The maximum atomic E-state index is 9.20. The topological polar surface area (TPSA) is 104 Å². The van der Waals surface area contributed by atoms with Crippen LogP contribution in [0.15, 0.2) is 105 Å². The second-order valence-corrected chi connectivity index (χ2v) is 9.40. The highest BCUT2D eigenvalue weighted by atomic mass is 32.2. The zero-order chi connectivity index (χ0) is 24.6. The number of rotatable bonds is 6. The molecule has 4 rings (SSSR count). The molecule has 4 aromatic rings. The van der Waals surface area contributed by atoms with Crippen LogP contribution in [0, 0.1) is 45.3 Å². The number of nitrogens with zero attached hydrogens (tertiary/aromatic N) is 4. The first-order chi connectivity index (χ1) is 17.1. The van der Waals surface area contributed by atoms with Crippen molar-refractivity contribution in [1.29, 1.82) is 21.0 Å². The van der Waals surface area contributed by atoms with Crippen molar-refractivity contribution in [3.05, 3.63) is 107 Å². The predicted octanol–water partition coefficient (Wildman–Crippen LogP) is 7.27. The first kappa shape index (κ1) is 23.5. The maximum Gasteiger partial charge on any atom is 0.127 e. The van der Waals surface area contributed by atoms with Crippen LogP contribution in [-0.4, -0.2) is 0 Å². The van der Waals surface area contributed by atoms with E-state index in [1.807, 2.05) is 72.8 Å². The third-order valence-electron chi connectivity index (χ3n) is 4.82. The van der Waals surface area contributed by atoms with Crippen LogP contribution in [0.25, 0.3) is 0 Å². The standard InChI is InChI=1S/C28H14N4OS2/c29-15-19-1-7-27(13-21(19)17-31)34-25-9-3-23(4-10-25)33-24-5-11-26(12-6-24)35-28-8-2-20(16-30)22(14-28)18-32/h1-14H. The molecular formula is C28H14N4OS2. The molecule has 0 bridgehead atoms. The minimum atomic E-state index is 0.365. The Balaban J connectivity index is 1.39. The first-order valence-corrected chi connectivity index (χ1v) is 11.9.